The zero-order valence-corrected chi connectivity index (χ0v) is 14.4. The van der Waals surface area contributed by atoms with E-state index in [2.05, 4.69) is 17.5 Å². The minimum absolute atomic E-state index is 0.0815. The summed E-state index contributed by atoms with van der Waals surface area (Å²) in [5.74, 6) is 0.0626. The molecule has 6 nitrogen and oxygen atoms in total. The molecule has 1 N–H and O–H groups in total. The van der Waals surface area contributed by atoms with Crippen molar-refractivity contribution in [3.8, 4) is 0 Å². The van der Waals surface area contributed by atoms with Crippen LogP contribution >= 0.6 is 0 Å². The van der Waals surface area contributed by atoms with Gasteiger partial charge >= 0.3 is 0 Å². The second kappa shape index (κ2) is 5.86. The number of allylic oxidation sites excluding steroid dienone is 2. The van der Waals surface area contributed by atoms with Gasteiger partial charge in [-0.1, -0.05) is 26.0 Å². The Hall–Kier alpha value is -2.37. The van der Waals surface area contributed by atoms with E-state index in [9.17, 15) is 14.4 Å². The molecule has 2 aliphatic carbocycles. The summed E-state index contributed by atoms with van der Waals surface area (Å²) in [4.78, 5) is 38.8. The van der Waals surface area contributed by atoms with E-state index >= 15 is 0 Å². The van der Waals surface area contributed by atoms with Gasteiger partial charge in [0.05, 0.1) is 18.1 Å². The molecule has 4 unspecified atom stereocenters. The van der Waals surface area contributed by atoms with E-state index < -0.39 is 0 Å². The van der Waals surface area contributed by atoms with Crippen molar-refractivity contribution in [2.45, 2.75) is 26.2 Å². The van der Waals surface area contributed by atoms with Gasteiger partial charge in [-0.2, -0.15) is 0 Å². The van der Waals surface area contributed by atoms with Crippen molar-refractivity contribution in [3.05, 3.63) is 35.8 Å². The van der Waals surface area contributed by atoms with Crippen LogP contribution in [0.2, 0.25) is 0 Å². The number of hydrogen-bond acceptors (Lipinski definition) is 4. The first-order chi connectivity index (χ1) is 12.0. The fourth-order valence-electron chi connectivity index (χ4n) is 4.50. The largest absolute Gasteiger partial charge is 0.459 e. The van der Waals surface area contributed by atoms with Crippen molar-refractivity contribution >= 4 is 17.7 Å². The van der Waals surface area contributed by atoms with Crippen molar-refractivity contribution < 1.29 is 18.8 Å². The van der Waals surface area contributed by atoms with E-state index in [1.807, 2.05) is 13.8 Å². The van der Waals surface area contributed by atoms with E-state index in [1.165, 1.54) is 11.2 Å². The summed E-state index contributed by atoms with van der Waals surface area (Å²) >= 11 is 0. The highest BCUT2D eigenvalue weighted by Gasteiger charge is 2.58. The van der Waals surface area contributed by atoms with Crippen LogP contribution < -0.4 is 5.32 Å². The molecule has 1 aromatic rings. The Balaban J connectivity index is 1.36. The minimum Gasteiger partial charge on any atom is -0.459 e. The summed E-state index contributed by atoms with van der Waals surface area (Å²) in [5.41, 5.74) is 0.850. The zero-order chi connectivity index (χ0) is 17.7. The number of carbonyl (C=O) groups is 3. The number of likely N-dealkylation sites (tertiary alicyclic amines) is 1. The van der Waals surface area contributed by atoms with Crippen LogP contribution in [-0.4, -0.2) is 35.7 Å². The average molecular weight is 342 g/mol. The predicted molar refractivity (Wildman–Crippen MR) is 89.6 cm³/mol. The lowest BCUT2D eigenvalue weighted by atomic mass is 9.85. The number of furan rings is 1. The zero-order valence-electron chi connectivity index (χ0n) is 14.4. The van der Waals surface area contributed by atoms with Gasteiger partial charge in [0.25, 0.3) is 5.91 Å². The van der Waals surface area contributed by atoms with Gasteiger partial charge in [0, 0.05) is 18.7 Å². The number of carbonyl (C=O) groups excluding carboxylic acids is 3. The Bertz CT molecular complexity index is 733. The third-order valence-corrected chi connectivity index (χ3v) is 5.71. The molecule has 1 saturated carbocycles. The molecule has 3 amide bonds. The van der Waals surface area contributed by atoms with Crippen molar-refractivity contribution in [3.63, 3.8) is 0 Å². The molecule has 2 fully saturated rings. The van der Waals surface area contributed by atoms with E-state index in [4.69, 9.17) is 4.42 Å². The maximum atomic E-state index is 12.6. The minimum atomic E-state index is -0.310. The van der Waals surface area contributed by atoms with Crippen LogP contribution in [0.1, 0.15) is 42.3 Å². The molecule has 25 heavy (non-hydrogen) atoms. The van der Waals surface area contributed by atoms with E-state index in [1.54, 1.807) is 6.07 Å². The summed E-state index contributed by atoms with van der Waals surface area (Å²) in [6, 6.07) is 1.79. The molecule has 4 rings (SSSR count). The van der Waals surface area contributed by atoms with Crippen molar-refractivity contribution in [2.24, 2.45) is 23.7 Å². The van der Waals surface area contributed by atoms with Crippen LogP contribution in [0.15, 0.2) is 28.9 Å². The van der Waals surface area contributed by atoms with Crippen LogP contribution in [-0.2, 0) is 9.59 Å². The quantitative estimate of drug-likeness (QED) is 0.655. The van der Waals surface area contributed by atoms with Crippen LogP contribution in [0, 0.1) is 23.7 Å². The lowest BCUT2D eigenvalue weighted by Crippen LogP contribution is -2.39. The van der Waals surface area contributed by atoms with E-state index in [0.29, 0.717) is 5.76 Å². The molecule has 0 aromatic carbocycles. The highest BCUT2D eigenvalue weighted by molar-refractivity contribution is 6.06. The second-order valence-electron chi connectivity index (χ2n) is 7.44. The molecule has 1 saturated heterocycles. The number of rotatable bonds is 5. The maximum Gasteiger partial charge on any atom is 0.287 e. The van der Waals surface area contributed by atoms with Crippen LogP contribution in [0.25, 0.3) is 0 Å². The van der Waals surface area contributed by atoms with Gasteiger partial charge in [0.2, 0.25) is 11.8 Å². The van der Waals surface area contributed by atoms with Gasteiger partial charge in [-0.25, -0.2) is 0 Å². The lowest BCUT2D eigenvalue weighted by molar-refractivity contribution is -0.140. The van der Waals surface area contributed by atoms with E-state index in [0.717, 1.165) is 12.0 Å². The molecule has 132 valence electrons. The molecule has 2 bridgehead atoms. The third-order valence-electron chi connectivity index (χ3n) is 5.71. The fraction of sp³-hybridized carbons (Fsp3) is 0.526. The standard InChI is InChI=1S/C19H22N2O4/c1-10(2)13-5-8-25-16(13)17(22)20-6-7-21-18(23)14-11-3-4-12(9-11)15(14)19(21)24/h3-5,8,10-12,14-15H,6-7,9H2,1-2H3,(H,20,22). The summed E-state index contributed by atoms with van der Waals surface area (Å²) < 4.78 is 5.28. The van der Waals surface area contributed by atoms with E-state index in [-0.39, 0.29) is 60.4 Å². The van der Waals surface area contributed by atoms with Crippen LogP contribution in [0.4, 0.5) is 0 Å². The molecule has 1 aromatic heterocycles. The molecular formula is C19H22N2O4. The van der Waals surface area contributed by atoms with Gasteiger partial charge in [0.15, 0.2) is 5.76 Å². The molecular weight excluding hydrogens is 320 g/mol. The van der Waals surface area contributed by atoms with Gasteiger partial charge in [-0.3, -0.25) is 19.3 Å². The predicted octanol–water partition coefficient (Wildman–Crippen LogP) is 1.94. The molecule has 6 heteroatoms. The Morgan fingerprint density at radius 3 is 2.48 bits per heavy atom. The molecule has 2 heterocycles. The normalized spacial score (nSPS) is 29.8. The molecule has 4 atom stereocenters. The van der Waals surface area contributed by atoms with Gasteiger partial charge in [0.1, 0.15) is 0 Å². The Morgan fingerprint density at radius 1 is 1.24 bits per heavy atom. The highest BCUT2D eigenvalue weighted by Crippen LogP contribution is 2.52. The number of nitrogens with one attached hydrogen (secondary N) is 1. The van der Waals surface area contributed by atoms with Crippen molar-refractivity contribution in [2.75, 3.05) is 13.1 Å². The Labute approximate surface area is 146 Å². The first kappa shape index (κ1) is 16.1. The SMILES string of the molecule is CC(C)c1ccoc1C(=O)NCCN1C(=O)C2C3C=CC(C3)C2C1=O. The average Bonchev–Trinajstić information content (AvgIpc) is 3.33. The van der Waals surface area contributed by atoms with Gasteiger partial charge in [-0.15, -0.1) is 0 Å². The topological polar surface area (TPSA) is 79.6 Å². The fourth-order valence-corrected chi connectivity index (χ4v) is 4.50. The molecule has 1 aliphatic heterocycles. The Morgan fingerprint density at radius 2 is 1.88 bits per heavy atom. The summed E-state index contributed by atoms with van der Waals surface area (Å²) in [6.07, 6.45) is 6.58. The Kier molecular flexibility index (Phi) is 3.78. The number of nitrogens with zero attached hydrogens (tertiary/aromatic N) is 1. The monoisotopic (exact) mass is 342 g/mol. The number of fused-ring (bicyclic) bond motifs is 5. The molecule has 0 radical (unpaired) electrons. The van der Waals surface area contributed by atoms with Gasteiger partial charge < -0.3 is 9.73 Å². The van der Waals surface area contributed by atoms with Crippen molar-refractivity contribution in [1.82, 2.24) is 10.2 Å². The van der Waals surface area contributed by atoms with Crippen LogP contribution in [0.3, 0.4) is 0 Å². The first-order valence-corrected chi connectivity index (χ1v) is 8.88. The van der Waals surface area contributed by atoms with Crippen molar-refractivity contribution in [1.29, 1.82) is 0 Å². The smallest absolute Gasteiger partial charge is 0.287 e. The lowest BCUT2D eigenvalue weighted by Gasteiger charge is -2.17. The van der Waals surface area contributed by atoms with Gasteiger partial charge in [-0.05, 0) is 30.2 Å². The maximum absolute atomic E-state index is 12.6. The summed E-state index contributed by atoms with van der Waals surface area (Å²) in [5, 5.41) is 2.76. The summed E-state index contributed by atoms with van der Waals surface area (Å²) in [7, 11) is 0. The molecule has 0 spiro atoms. The molecule has 3 aliphatic rings. The number of imide groups is 1. The summed E-state index contributed by atoms with van der Waals surface area (Å²) in [6.45, 7) is 4.43. The number of amides is 3. The highest BCUT2D eigenvalue weighted by atomic mass is 16.3. The third kappa shape index (κ3) is 2.42. The second-order valence-corrected chi connectivity index (χ2v) is 7.44. The number of hydrogen-bond donors (Lipinski definition) is 1. The van der Waals surface area contributed by atoms with Crippen LogP contribution in [0.5, 0.6) is 0 Å². The first-order valence-electron chi connectivity index (χ1n) is 8.88.